The lowest BCUT2D eigenvalue weighted by Gasteiger charge is -2.04. The molecule has 28 heavy (non-hydrogen) atoms. The van der Waals surface area contributed by atoms with Crippen LogP contribution in [-0.2, 0) is 11.2 Å². The Morgan fingerprint density at radius 2 is 1.86 bits per heavy atom. The SMILES string of the molecule is CCc1ccc(-c2nn(-c3ccccc3)cc2/C=N\N2CC(=O)NC2=O)cc1. The minimum absolute atomic E-state index is 0.0807. The molecule has 0 aliphatic carbocycles. The zero-order chi connectivity index (χ0) is 19.5. The normalized spacial score (nSPS) is 14.1. The smallest absolute Gasteiger partial charge is 0.275 e. The van der Waals surface area contributed by atoms with Crippen LogP contribution < -0.4 is 5.32 Å². The van der Waals surface area contributed by atoms with Gasteiger partial charge in [0.1, 0.15) is 12.2 Å². The average Bonchev–Trinajstić information content (AvgIpc) is 3.29. The highest BCUT2D eigenvalue weighted by Crippen LogP contribution is 2.23. The maximum atomic E-state index is 11.7. The van der Waals surface area contributed by atoms with Gasteiger partial charge >= 0.3 is 6.03 Å². The zero-order valence-electron chi connectivity index (χ0n) is 15.4. The molecule has 1 aromatic heterocycles. The number of imide groups is 1. The van der Waals surface area contributed by atoms with Gasteiger partial charge in [-0.25, -0.2) is 14.5 Å². The van der Waals surface area contributed by atoms with Crippen molar-refractivity contribution in [1.29, 1.82) is 0 Å². The van der Waals surface area contributed by atoms with Gasteiger partial charge in [-0.15, -0.1) is 0 Å². The predicted molar refractivity (Wildman–Crippen MR) is 106 cm³/mol. The molecule has 0 bridgehead atoms. The van der Waals surface area contributed by atoms with Crippen molar-refractivity contribution < 1.29 is 9.59 Å². The number of nitrogens with one attached hydrogen (secondary N) is 1. The number of hydrogen-bond donors (Lipinski definition) is 1. The first-order valence-corrected chi connectivity index (χ1v) is 9.04. The molecule has 1 saturated heterocycles. The van der Waals surface area contributed by atoms with E-state index in [1.807, 2.05) is 48.7 Å². The Kier molecular flexibility index (Phi) is 4.72. The van der Waals surface area contributed by atoms with Gasteiger partial charge in [0.05, 0.1) is 11.9 Å². The number of carbonyl (C=O) groups excluding carboxylic acids is 2. The summed E-state index contributed by atoms with van der Waals surface area (Å²) in [6.07, 6.45) is 4.39. The molecule has 0 unspecified atom stereocenters. The van der Waals surface area contributed by atoms with E-state index in [0.29, 0.717) is 0 Å². The fraction of sp³-hybridized carbons (Fsp3) is 0.143. The lowest BCUT2D eigenvalue weighted by atomic mass is 10.1. The van der Waals surface area contributed by atoms with E-state index in [9.17, 15) is 9.59 Å². The van der Waals surface area contributed by atoms with Crippen molar-refractivity contribution >= 4 is 18.2 Å². The van der Waals surface area contributed by atoms with E-state index < -0.39 is 6.03 Å². The molecule has 1 aliphatic heterocycles. The van der Waals surface area contributed by atoms with Gasteiger partial charge in [-0.05, 0) is 24.1 Å². The first-order chi connectivity index (χ1) is 13.6. The Morgan fingerprint density at radius 1 is 1.11 bits per heavy atom. The highest BCUT2D eigenvalue weighted by Gasteiger charge is 2.26. The predicted octanol–water partition coefficient (Wildman–Crippen LogP) is 2.99. The molecule has 7 nitrogen and oxygen atoms in total. The largest absolute Gasteiger partial charge is 0.344 e. The van der Waals surface area contributed by atoms with Crippen LogP contribution in [0.4, 0.5) is 4.79 Å². The highest BCUT2D eigenvalue weighted by atomic mass is 16.2. The molecular formula is C21H19N5O2. The number of urea groups is 1. The van der Waals surface area contributed by atoms with Gasteiger partial charge in [-0.3, -0.25) is 10.1 Å². The maximum Gasteiger partial charge on any atom is 0.344 e. The summed E-state index contributed by atoms with van der Waals surface area (Å²) in [5, 5.41) is 12.2. The van der Waals surface area contributed by atoms with Crippen LogP contribution in [0, 0.1) is 0 Å². The van der Waals surface area contributed by atoms with Gasteiger partial charge in [-0.2, -0.15) is 10.2 Å². The first-order valence-electron chi connectivity index (χ1n) is 9.04. The van der Waals surface area contributed by atoms with Crippen LogP contribution in [0.15, 0.2) is 65.9 Å². The summed E-state index contributed by atoms with van der Waals surface area (Å²) < 4.78 is 1.78. The fourth-order valence-corrected chi connectivity index (χ4v) is 2.97. The van der Waals surface area contributed by atoms with E-state index in [1.165, 1.54) is 5.56 Å². The van der Waals surface area contributed by atoms with Crippen LogP contribution in [0.2, 0.25) is 0 Å². The second-order valence-electron chi connectivity index (χ2n) is 6.42. The van der Waals surface area contributed by atoms with Crippen LogP contribution >= 0.6 is 0 Å². The minimum atomic E-state index is -0.523. The van der Waals surface area contributed by atoms with Crippen LogP contribution in [0.1, 0.15) is 18.1 Å². The summed E-state index contributed by atoms with van der Waals surface area (Å²) in [6.45, 7) is 2.03. The molecule has 2 aromatic carbocycles. The maximum absolute atomic E-state index is 11.7. The fourth-order valence-electron chi connectivity index (χ4n) is 2.97. The lowest BCUT2D eigenvalue weighted by Crippen LogP contribution is -2.24. The van der Waals surface area contributed by atoms with Gasteiger partial charge < -0.3 is 0 Å². The number of benzene rings is 2. The van der Waals surface area contributed by atoms with Crippen LogP contribution in [0.3, 0.4) is 0 Å². The number of hydrogen-bond acceptors (Lipinski definition) is 4. The molecule has 1 aliphatic rings. The third-order valence-electron chi connectivity index (χ3n) is 4.51. The van der Waals surface area contributed by atoms with Crippen molar-refractivity contribution in [2.75, 3.05) is 6.54 Å². The second kappa shape index (κ2) is 7.48. The van der Waals surface area contributed by atoms with E-state index in [2.05, 4.69) is 29.5 Å². The molecule has 1 N–H and O–H groups in total. The van der Waals surface area contributed by atoms with Crippen molar-refractivity contribution in [2.45, 2.75) is 13.3 Å². The molecule has 3 amide bonds. The molecule has 0 spiro atoms. The standard InChI is InChI=1S/C21H19N5O2/c1-2-15-8-10-16(11-9-15)20-17(12-22-26-14-19(27)23-21(26)28)13-25(24-20)18-6-4-3-5-7-18/h3-13H,2,14H2,1H3,(H,23,27,28)/b22-12-. The number of aryl methyl sites for hydroxylation is 1. The second-order valence-corrected chi connectivity index (χ2v) is 6.42. The summed E-state index contributed by atoms with van der Waals surface area (Å²) in [4.78, 5) is 23.1. The highest BCUT2D eigenvalue weighted by molar-refractivity contribution is 6.02. The Bertz CT molecular complexity index is 1040. The number of hydrazone groups is 1. The third kappa shape index (κ3) is 3.55. The summed E-state index contributed by atoms with van der Waals surface area (Å²) in [5.41, 5.74) is 4.62. The number of rotatable bonds is 5. The van der Waals surface area contributed by atoms with Crippen LogP contribution in [-0.4, -0.2) is 39.5 Å². The van der Waals surface area contributed by atoms with Crippen LogP contribution in [0.5, 0.6) is 0 Å². The Balaban J connectivity index is 1.73. The van der Waals surface area contributed by atoms with Gasteiger partial charge in [0.2, 0.25) is 5.91 Å². The molecule has 1 fully saturated rings. The molecule has 2 heterocycles. The summed E-state index contributed by atoms with van der Waals surface area (Å²) in [6, 6.07) is 17.4. The van der Waals surface area contributed by atoms with Crippen molar-refractivity contribution in [3.63, 3.8) is 0 Å². The van der Waals surface area contributed by atoms with Crippen molar-refractivity contribution in [3.05, 3.63) is 71.9 Å². The molecule has 140 valence electrons. The van der Waals surface area contributed by atoms with Gasteiger partial charge in [0.25, 0.3) is 0 Å². The number of nitrogens with zero attached hydrogens (tertiary/aromatic N) is 4. The van der Waals surface area contributed by atoms with Gasteiger partial charge in [0.15, 0.2) is 0 Å². The van der Waals surface area contributed by atoms with Crippen molar-refractivity contribution in [1.82, 2.24) is 20.1 Å². The number of amides is 3. The molecule has 0 atom stereocenters. The summed E-state index contributed by atoms with van der Waals surface area (Å²) in [7, 11) is 0. The lowest BCUT2D eigenvalue weighted by molar-refractivity contribution is -0.118. The third-order valence-corrected chi connectivity index (χ3v) is 4.51. The Morgan fingerprint density at radius 3 is 2.50 bits per heavy atom. The minimum Gasteiger partial charge on any atom is -0.275 e. The molecule has 7 heteroatoms. The number of para-hydroxylation sites is 1. The van der Waals surface area contributed by atoms with E-state index in [0.717, 1.165) is 33.9 Å². The zero-order valence-corrected chi connectivity index (χ0v) is 15.4. The van der Waals surface area contributed by atoms with Gasteiger partial charge in [0, 0.05) is 17.3 Å². The number of carbonyl (C=O) groups is 2. The number of aromatic nitrogens is 2. The van der Waals surface area contributed by atoms with Crippen molar-refractivity contribution in [2.24, 2.45) is 5.10 Å². The molecule has 0 radical (unpaired) electrons. The van der Waals surface area contributed by atoms with E-state index >= 15 is 0 Å². The van der Waals surface area contributed by atoms with Gasteiger partial charge in [-0.1, -0.05) is 49.4 Å². The van der Waals surface area contributed by atoms with Crippen molar-refractivity contribution in [3.8, 4) is 16.9 Å². The van der Waals surface area contributed by atoms with E-state index in [-0.39, 0.29) is 12.5 Å². The van der Waals surface area contributed by atoms with E-state index in [4.69, 9.17) is 5.10 Å². The summed E-state index contributed by atoms with van der Waals surface area (Å²) in [5.74, 6) is -0.363. The Labute approximate surface area is 162 Å². The summed E-state index contributed by atoms with van der Waals surface area (Å²) >= 11 is 0. The van der Waals surface area contributed by atoms with Crippen LogP contribution in [0.25, 0.3) is 16.9 Å². The molecule has 4 rings (SSSR count). The molecule has 3 aromatic rings. The molecule has 0 saturated carbocycles. The first kappa shape index (κ1) is 17.7. The van der Waals surface area contributed by atoms with E-state index in [1.54, 1.807) is 10.9 Å². The monoisotopic (exact) mass is 373 g/mol. The average molecular weight is 373 g/mol. The molecular weight excluding hydrogens is 354 g/mol. The topological polar surface area (TPSA) is 79.6 Å². The Hall–Kier alpha value is -3.74. The quantitative estimate of drug-likeness (QED) is 0.552.